The van der Waals surface area contributed by atoms with Gasteiger partial charge in [-0.3, -0.25) is 4.79 Å². The molecule has 1 aromatic heterocycles. The highest BCUT2D eigenvalue weighted by Crippen LogP contribution is 2.09. The number of anilines is 1. The molecule has 5 heteroatoms. The molecular formula is C13H15N3O2. The molecule has 0 aliphatic carbocycles. The molecule has 5 N–H and O–H groups in total. The Kier molecular flexibility index (Phi) is 3.52. The molecule has 1 aromatic carbocycles. The zero-order valence-electron chi connectivity index (χ0n) is 9.81. The van der Waals surface area contributed by atoms with Crippen molar-refractivity contribution in [2.45, 2.75) is 6.42 Å². The molecular weight excluding hydrogens is 230 g/mol. The summed E-state index contributed by atoms with van der Waals surface area (Å²) in [5.74, 6) is 0.0649. The van der Waals surface area contributed by atoms with Crippen LogP contribution >= 0.6 is 0 Å². The Balaban J connectivity index is 1.82. The number of nitrogen functional groups attached to an aromatic ring is 1. The average Bonchev–Trinajstić information content (AvgIpc) is 2.78. The lowest BCUT2D eigenvalue weighted by molar-refractivity contribution is 0.0950. The Bertz CT molecular complexity index is 531. The highest BCUT2D eigenvalue weighted by molar-refractivity contribution is 5.93. The smallest absolute Gasteiger partial charge is 0.267 e. The molecule has 0 saturated carbocycles. The predicted molar refractivity (Wildman–Crippen MR) is 69.3 cm³/mol. The SMILES string of the molecule is Nc1c[nH]c(C(=O)NCCc2ccc(O)cc2)c1. The van der Waals surface area contributed by atoms with Crippen LogP contribution in [0, 0.1) is 0 Å². The number of hydrogen-bond donors (Lipinski definition) is 4. The first-order valence-corrected chi connectivity index (χ1v) is 5.65. The van der Waals surface area contributed by atoms with Crippen molar-refractivity contribution in [3.05, 3.63) is 47.8 Å². The number of phenolic OH excluding ortho intramolecular Hbond substituents is 1. The maximum absolute atomic E-state index is 11.7. The number of phenols is 1. The molecule has 0 unspecified atom stereocenters. The number of benzene rings is 1. The Morgan fingerprint density at radius 2 is 2.06 bits per heavy atom. The number of hydrogen-bond acceptors (Lipinski definition) is 3. The van der Waals surface area contributed by atoms with Gasteiger partial charge in [0.1, 0.15) is 11.4 Å². The van der Waals surface area contributed by atoms with Crippen molar-refractivity contribution in [1.29, 1.82) is 0 Å². The number of carbonyl (C=O) groups excluding carboxylic acids is 1. The van der Waals surface area contributed by atoms with Gasteiger partial charge in [-0.25, -0.2) is 0 Å². The van der Waals surface area contributed by atoms with Crippen LogP contribution in [0.15, 0.2) is 36.5 Å². The summed E-state index contributed by atoms with van der Waals surface area (Å²) in [6, 6.07) is 8.50. The van der Waals surface area contributed by atoms with Gasteiger partial charge in [-0.15, -0.1) is 0 Å². The fourth-order valence-corrected chi connectivity index (χ4v) is 1.62. The van der Waals surface area contributed by atoms with E-state index in [9.17, 15) is 4.79 Å². The molecule has 2 aromatic rings. The molecule has 0 atom stereocenters. The van der Waals surface area contributed by atoms with E-state index in [2.05, 4.69) is 10.3 Å². The second-order valence-electron chi connectivity index (χ2n) is 4.02. The molecule has 0 spiro atoms. The minimum atomic E-state index is -0.175. The second kappa shape index (κ2) is 5.27. The number of amides is 1. The largest absolute Gasteiger partial charge is 0.508 e. The summed E-state index contributed by atoms with van der Waals surface area (Å²) >= 11 is 0. The van der Waals surface area contributed by atoms with Crippen LogP contribution in [-0.4, -0.2) is 22.5 Å². The number of H-pyrrole nitrogens is 1. The third kappa shape index (κ3) is 3.04. The van der Waals surface area contributed by atoms with Crippen LogP contribution in [-0.2, 0) is 6.42 Å². The van der Waals surface area contributed by atoms with Gasteiger partial charge in [0.2, 0.25) is 0 Å². The lowest BCUT2D eigenvalue weighted by Crippen LogP contribution is -2.25. The van der Waals surface area contributed by atoms with Gasteiger partial charge in [0.05, 0.1) is 0 Å². The van der Waals surface area contributed by atoms with Gasteiger partial charge in [-0.05, 0) is 30.2 Å². The topological polar surface area (TPSA) is 91.1 Å². The van der Waals surface area contributed by atoms with Crippen molar-refractivity contribution in [1.82, 2.24) is 10.3 Å². The van der Waals surface area contributed by atoms with Crippen molar-refractivity contribution in [2.75, 3.05) is 12.3 Å². The van der Waals surface area contributed by atoms with Gasteiger partial charge in [-0.1, -0.05) is 12.1 Å². The van der Waals surface area contributed by atoms with Crippen LogP contribution in [0.3, 0.4) is 0 Å². The zero-order valence-corrected chi connectivity index (χ0v) is 9.81. The van der Waals surface area contributed by atoms with Gasteiger partial charge in [0, 0.05) is 18.4 Å². The van der Waals surface area contributed by atoms with E-state index in [1.807, 2.05) is 12.1 Å². The van der Waals surface area contributed by atoms with Crippen LogP contribution in [0.4, 0.5) is 5.69 Å². The van der Waals surface area contributed by atoms with Crippen LogP contribution in [0.25, 0.3) is 0 Å². The lowest BCUT2D eigenvalue weighted by atomic mass is 10.1. The standard InChI is InChI=1S/C13H15N3O2/c14-10-7-12(16-8-10)13(18)15-6-5-9-1-3-11(17)4-2-9/h1-4,7-8,16-17H,5-6,14H2,(H,15,18). The maximum atomic E-state index is 11.7. The van der Waals surface area contributed by atoms with Crippen LogP contribution in [0.1, 0.15) is 16.1 Å². The zero-order chi connectivity index (χ0) is 13.0. The van der Waals surface area contributed by atoms with Gasteiger partial charge in [0.15, 0.2) is 0 Å². The van der Waals surface area contributed by atoms with Crippen molar-refractivity contribution in [3.8, 4) is 5.75 Å². The van der Waals surface area contributed by atoms with E-state index in [4.69, 9.17) is 10.8 Å². The van der Waals surface area contributed by atoms with Crippen LogP contribution in [0.5, 0.6) is 5.75 Å². The van der Waals surface area contributed by atoms with Crippen molar-refractivity contribution in [3.63, 3.8) is 0 Å². The molecule has 1 heterocycles. The minimum absolute atomic E-state index is 0.175. The molecule has 0 radical (unpaired) electrons. The summed E-state index contributed by atoms with van der Waals surface area (Å²) in [7, 11) is 0. The number of aromatic nitrogens is 1. The average molecular weight is 245 g/mol. The molecule has 18 heavy (non-hydrogen) atoms. The summed E-state index contributed by atoms with van der Waals surface area (Å²) in [5, 5.41) is 11.9. The predicted octanol–water partition coefficient (Wildman–Crippen LogP) is 1.27. The molecule has 2 rings (SSSR count). The summed E-state index contributed by atoms with van der Waals surface area (Å²) in [5.41, 5.74) is 7.57. The first-order valence-electron chi connectivity index (χ1n) is 5.65. The molecule has 0 aliphatic rings. The normalized spacial score (nSPS) is 10.2. The number of carbonyl (C=O) groups is 1. The van der Waals surface area contributed by atoms with Crippen molar-refractivity contribution in [2.24, 2.45) is 0 Å². The van der Waals surface area contributed by atoms with Crippen molar-refractivity contribution >= 4 is 11.6 Å². The number of nitrogens with two attached hydrogens (primary N) is 1. The number of nitrogens with one attached hydrogen (secondary N) is 2. The molecule has 0 fully saturated rings. The first kappa shape index (κ1) is 12.0. The van der Waals surface area contributed by atoms with Crippen molar-refractivity contribution < 1.29 is 9.90 Å². The lowest BCUT2D eigenvalue weighted by Gasteiger charge is -2.04. The Hall–Kier alpha value is -2.43. The summed E-state index contributed by atoms with van der Waals surface area (Å²) in [4.78, 5) is 14.5. The monoisotopic (exact) mass is 245 g/mol. The maximum Gasteiger partial charge on any atom is 0.267 e. The summed E-state index contributed by atoms with van der Waals surface area (Å²) in [6.07, 6.45) is 2.29. The Morgan fingerprint density at radius 3 is 2.67 bits per heavy atom. The van der Waals surface area contributed by atoms with E-state index in [0.29, 0.717) is 24.3 Å². The third-order valence-corrected chi connectivity index (χ3v) is 2.59. The minimum Gasteiger partial charge on any atom is -0.508 e. The summed E-state index contributed by atoms with van der Waals surface area (Å²) < 4.78 is 0. The quantitative estimate of drug-likeness (QED) is 0.654. The fourth-order valence-electron chi connectivity index (χ4n) is 1.62. The van der Waals surface area contributed by atoms with Gasteiger partial charge in [0.25, 0.3) is 5.91 Å². The van der Waals surface area contributed by atoms with Gasteiger partial charge < -0.3 is 21.1 Å². The van der Waals surface area contributed by atoms with E-state index < -0.39 is 0 Å². The van der Waals surface area contributed by atoms with Crippen LogP contribution < -0.4 is 11.1 Å². The Labute approximate surface area is 105 Å². The highest BCUT2D eigenvalue weighted by Gasteiger charge is 2.06. The molecule has 94 valence electrons. The van der Waals surface area contributed by atoms with E-state index in [-0.39, 0.29) is 11.7 Å². The van der Waals surface area contributed by atoms with Gasteiger partial charge in [-0.2, -0.15) is 0 Å². The van der Waals surface area contributed by atoms with E-state index >= 15 is 0 Å². The molecule has 5 nitrogen and oxygen atoms in total. The number of aromatic amines is 1. The number of rotatable bonds is 4. The molecule has 0 aliphatic heterocycles. The summed E-state index contributed by atoms with van der Waals surface area (Å²) in [6.45, 7) is 0.530. The molecule has 1 amide bonds. The fraction of sp³-hybridized carbons (Fsp3) is 0.154. The number of aromatic hydroxyl groups is 1. The van der Waals surface area contributed by atoms with Gasteiger partial charge >= 0.3 is 0 Å². The van der Waals surface area contributed by atoms with E-state index in [1.54, 1.807) is 24.4 Å². The second-order valence-corrected chi connectivity index (χ2v) is 4.02. The van der Waals surface area contributed by atoms with E-state index in [1.165, 1.54) is 0 Å². The molecule has 0 saturated heterocycles. The highest BCUT2D eigenvalue weighted by atomic mass is 16.3. The third-order valence-electron chi connectivity index (χ3n) is 2.59. The van der Waals surface area contributed by atoms with Crippen LogP contribution in [0.2, 0.25) is 0 Å². The Morgan fingerprint density at radius 1 is 1.33 bits per heavy atom. The molecule has 0 bridgehead atoms. The van der Waals surface area contributed by atoms with E-state index in [0.717, 1.165) is 5.56 Å². The first-order chi connectivity index (χ1) is 8.65.